The van der Waals surface area contributed by atoms with Gasteiger partial charge >= 0.3 is 0 Å². The lowest BCUT2D eigenvalue weighted by molar-refractivity contribution is 0.334. The molecule has 2 saturated heterocycles. The number of rotatable bonds is 7. The summed E-state index contributed by atoms with van der Waals surface area (Å²) in [5.41, 5.74) is 0.947. The molecule has 44 heavy (non-hydrogen) atoms. The smallest absolute Gasteiger partial charge is 0.160 e. The molecule has 2 bridgehead atoms. The Labute approximate surface area is 257 Å². The molecule has 2 fully saturated rings. The summed E-state index contributed by atoms with van der Waals surface area (Å²) in [5.74, 6) is -0.580. The molecule has 0 radical (unpaired) electrons. The normalized spacial score (nSPS) is 22.1. The number of hydrogen-bond acceptors (Lipinski definition) is 5. The van der Waals surface area contributed by atoms with E-state index in [-0.39, 0.29) is 16.6 Å². The van der Waals surface area contributed by atoms with Gasteiger partial charge in [0.2, 0.25) is 0 Å². The maximum absolute atomic E-state index is 16.6. The Morgan fingerprint density at radius 1 is 0.886 bits per heavy atom. The Bertz CT molecular complexity index is 1720. The van der Waals surface area contributed by atoms with Crippen LogP contribution in [0.2, 0.25) is 0 Å². The van der Waals surface area contributed by atoms with Gasteiger partial charge in [0.1, 0.15) is 28.8 Å². The van der Waals surface area contributed by atoms with Crippen LogP contribution >= 0.6 is 0 Å². The number of halogens is 3. The van der Waals surface area contributed by atoms with E-state index in [1.807, 2.05) is 12.1 Å². The highest BCUT2D eigenvalue weighted by Crippen LogP contribution is 2.40. The number of nitrogens with one attached hydrogen (secondary N) is 1. The third-order valence-electron chi connectivity index (χ3n) is 9.74. The zero-order valence-electron chi connectivity index (χ0n) is 25.6. The molecule has 3 unspecified atom stereocenters. The summed E-state index contributed by atoms with van der Waals surface area (Å²) in [6.45, 7) is 7.95. The summed E-state index contributed by atoms with van der Waals surface area (Å²) in [7, 11) is 0. The second-order valence-corrected chi connectivity index (χ2v) is 13.0. The molecule has 1 N–H and O–H groups in total. The Morgan fingerprint density at radius 3 is 2.50 bits per heavy atom. The summed E-state index contributed by atoms with van der Waals surface area (Å²) >= 11 is 0. The lowest BCUT2D eigenvalue weighted by Gasteiger charge is -2.34. The number of aromatic nitrogens is 2. The van der Waals surface area contributed by atoms with Crippen molar-refractivity contribution in [1.82, 2.24) is 20.2 Å². The number of fused-ring (bicyclic) bond motifs is 4. The van der Waals surface area contributed by atoms with Gasteiger partial charge in [-0.15, -0.1) is 0 Å². The van der Waals surface area contributed by atoms with E-state index in [0.29, 0.717) is 52.2 Å². The molecule has 0 aliphatic carbocycles. The topological polar surface area (TPSA) is 44.3 Å². The number of unbranched alkanes of at least 4 members (excludes halogenated alkanes) is 1. The molecule has 4 heterocycles. The minimum Gasteiger partial charge on any atom is -0.375 e. The van der Waals surface area contributed by atoms with E-state index in [1.165, 1.54) is 30.7 Å². The van der Waals surface area contributed by atoms with Crippen LogP contribution in [-0.2, 0) is 6.42 Å². The summed E-state index contributed by atoms with van der Waals surface area (Å²) in [4.78, 5) is 14.3. The van der Waals surface area contributed by atoms with Crippen molar-refractivity contribution in [3.8, 4) is 11.1 Å². The van der Waals surface area contributed by atoms with Crippen LogP contribution in [0.5, 0.6) is 0 Å². The van der Waals surface area contributed by atoms with Crippen molar-refractivity contribution in [3.05, 3.63) is 77.5 Å². The van der Waals surface area contributed by atoms with Crippen molar-refractivity contribution >= 4 is 27.5 Å². The molecule has 7 rings (SSSR count). The van der Waals surface area contributed by atoms with Crippen LogP contribution in [0.4, 0.5) is 19.0 Å². The lowest BCUT2D eigenvalue weighted by Crippen LogP contribution is -2.51. The Morgan fingerprint density at radius 2 is 1.68 bits per heavy atom. The number of benzene rings is 3. The maximum atomic E-state index is 16.6. The summed E-state index contributed by atoms with van der Waals surface area (Å²) in [6.07, 6.45) is 9.33. The monoisotopic (exact) mass is 599 g/mol. The van der Waals surface area contributed by atoms with E-state index < -0.39 is 17.5 Å². The van der Waals surface area contributed by atoms with Gasteiger partial charge < -0.3 is 15.1 Å². The van der Waals surface area contributed by atoms with Crippen LogP contribution in [0, 0.1) is 23.4 Å². The fourth-order valence-electron chi connectivity index (χ4n) is 7.53. The van der Waals surface area contributed by atoms with Gasteiger partial charge in [-0.1, -0.05) is 43.3 Å². The van der Waals surface area contributed by atoms with E-state index in [4.69, 9.17) is 9.97 Å². The van der Waals surface area contributed by atoms with Gasteiger partial charge in [-0.2, -0.15) is 0 Å². The lowest BCUT2D eigenvalue weighted by atomic mass is 9.95. The number of anilines is 1. The Kier molecular flexibility index (Phi) is 7.95. The first-order chi connectivity index (χ1) is 21.4. The molecule has 3 aliphatic rings. The molecular weight excluding hydrogens is 559 g/mol. The van der Waals surface area contributed by atoms with E-state index >= 15 is 13.2 Å². The molecule has 4 aromatic rings. The standard InChI is InChI=1S/C36H40F3N5/c1-22-8-7-17-43(23(2)18-22)16-6-5-11-31-41-35-28(36(42-31)44-20-25-13-14-26(21-44)40-25)19-30(38)33(34(35)39)32-27-10-4-3-9-24(27)12-15-29(32)37/h3-4,9-10,12,15,18-19,22,25-26,40H,5-8,11,13-14,16-17,20-21H2,1-2H3. The number of piperazine rings is 1. The minimum absolute atomic E-state index is 0.0555. The predicted octanol–water partition coefficient (Wildman–Crippen LogP) is 7.77. The van der Waals surface area contributed by atoms with Crippen molar-refractivity contribution in [1.29, 1.82) is 0 Å². The molecule has 3 aliphatic heterocycles. The molecule has 5 nitrogen and oxygen atoms in total. The van der Waals surface area contributed by atoms with Gasteiger partial charge in [-0.25, -0.2) is 23.1 Å². The summed E-state index contributed by atoms with van der Waals surface area (Å²) in [6, 6.07) is 12.0. The Hall–Kier alpha value is -3.65. The number of nitrogens with zero attached hydrogens (tertiary/aromatic N) is 4. The second kappa shape index (κ2) is 12.0. The van der Waals surface area contributed by atoms with Crippen molar-refractivity contribution in [2.24, 2.45) is 5.92 Å². The first kappa shape index (κ1) is 29.1. The fraction of sp³-hybridized carbons (Fsp3) is 0.444. The van der Waals surface area contributed by atoms with Crippen LogP contribution in [0.25, 0.3) is 32.8 Å². The molecule has 1 aromatic heterocycles. The van der Waals surface area contributed by atoms with Gasteiger partial charge in [0.15, 0.2) is 5.82 Å². The zero-order chi connectivity index (χ0) is 30.4. The molecule has 3 aromatic carbocycles. The van der Waals surface area contributed by atoms with Crippen LogP contribution in [0.3, 0.4) is 0 Å². The van der Waals surface area contributed by atoms with E-state index in [1.54, 1.807) is 18.2 Å². The van der Waals surface area contributed by atoms with Crippen molar-refractivity contribution in [3.63, 3.8) is 0 Å². The Balaban J connectivity index is 1.26. The van der Waals surface area contributed by atoms with Gasteiger partial charge in [0.25, 0.3) is 0 Å². The van der Waals surface area contributed by atoms with Gasteiger partial charge in [0, 0.05) is 61.3 Å². The molecular formula is C36H40F3N5. The predicted molar refractivity (Wildman–Crippen MR) is 171 cm³/mol. The average molecular weight is 600 g/mol. The second-order valence-electron chi connectivity index (χ2n) is 13.0. The molecule has 3 atom stereocenters. The molecule has 230 valence electrons. The van der Waals surface area contributed by atoms with Gasteiger partial charge in [0.05, 0.1) is 5.56 Å². The molecule has 8 heteroatoms. The maximum Gasteiger partial charge on any atom is 0.160 e. The third-order valence-corrected chi connectivity index (χ3v) is 9.74. The summed E-state index contributed by atoms with van der Waals surface area (Å²) in [5, 5.41) is 5.15. The zero-order valence-corrected chi connectivity index (χ0v) is 25.6. The fourth-order valence-corrected chi connectivity index (χ4v) is 7.53. The van der Waals surface area contributed by atoms with Crippen molar-refractivity contribution in [2.75, 3.05) is 31.1 Å². The van der Waals surface area contributed by atoms with E-state index in [2.05, 4.69) is 35.0 Å². The molecule has 0 saturated carbocycles. The first-order valence-corrected chi connectivity index (χ1v) is 16.2. The van der Waals surface area contributed by atoms with Crippen LogP contribution in [0.1, 0.15) is 58.2 Å². The highest BCUT2D eigenvalue weighted by Gasteiger charge is 2.34. The van der Waals surface area contributed by atoms with Gasteiger partial charge in [-0.05, 0) is 74.3 Å². The third kappa shape index (κ3) is 5.53. The van der Waals surface area contributed by atoms with E-state index in [0.717, 1.165) is 51.9 Å². The number of aryl methyl sites for hydroxylation is 1. The molecule has 0 amide bonds. The van der Waals surface area contributed by atoms with Crippen molar-refractivity contribution < 1.29 is 13.2 Å². The number of allylic oxidation sites excluding steroid dienone is 2. The highest BCUT2D eigenvalue weighted by atomic mass is 19.1. The largest absolute Gasteiger partial charge is 0.375 e. The number of hydrogen-bond donors (Lipinski definition) is 1. The SMILES string of the molecule is CC1=CC(C)CCCN1CCCCc1nc(N2CC3CCC(C2)N3)c2cc(F)c(-c3c(F)ccc4ccccc34)c(F)c2n1. The van der Waals surface area contributed by atoms with Crippen LogP contribution in [-0.4, -0.2) is 53.1 Å². The highest BCUT2D eigenvalue weighted by molar-refractivity contribution is 6.01. The first-order valence-electron chi connectivity index (χ1n) is 16.2. The quantitative estimate of drug-likeness (QED) is 0.220. The average Bonchev–Trinajstić information content (AvgIpc) is 3.26. The van der Waals surface area contributed by atoms with Crippen LogP contribution < -0.4 is 10.2 Å². The summed E-state index contributed by atoms with van der Waals surface area (Å²) < 4.78 is 48.0. The van der Waals surface area contributed by atoms with Crippen molar-refractivity contribution in [2.45, 2.75) is 70.9 Å². The van der Waals surface area contributed by atoms with Gasteiger partial charge in [-0.3, -0.25) is 0 Å². The van der Waals surface area contributed by atoms with E-state index in [9.17, 15) is 0 Å². The molecule has 0 spiro atoms. The van der Waals surface area contributed by atoms with Crippen LogP contribution in [0.15, 0.2) is 54.2 Å². The minimum atomic E-state index is -0.835.